The number of nitrogens with zero attached hydrogens (tertiary/aromatic N) is 2. The van der Waals surface area contributed by atoms with Crippen LogP contribution < -0.4 is 10.6 Å². The molecular formula is C19H18N4O2. The molecule has 1 aromatic heterocycles. The monoisotopic (exact) mass is 334 g/mol. The summed E-state index contributed by atoms with van der Waals surface area (Å²) in [5.74, 6) is -0.0584. The van der Waals surface area contributed by atoms with E-state index < -0.39 is 6.04 Å². The van der Waals surface area contributed by atoms with Crippen LogP contribution in [0.1, 0.15) is 22.7 Å². The molecule has 1 atom stereocenters. The van der Waals surface area contributed by atoms with Crippen LogP contribution in [0.3, 0.4) is 0 Å². The van der Waals surface area contributed by atoms with Gasteiger partial charge in [0.1, 0.15) is 0 Å². The molecule has 2 aliphatic heterocycles. The van der Waals surface area contributed by atoms with Crippen molar-refractivity contribution < 1.29 is 9.59 Å². The summed E-state index contributed by atoms with van der Waals surface area (Å²) in [6, 6.07) is 11.0. The maximum atomic E-state index is 13.0. The summed E-state index contributed by atoms with van der Waals surface area (Å²) in [6.07, 6.45) is 3.45. The average molecular weight is 334 g/mol. The Kier molecular flexibility index (Phi) is 3.72. The first-order valence-electron chi connectivity index (χ1n) is 8.17. The van der Waals surface area contributed by atoms with Gasteiger partial charge in [0.15, 0.2) is 0 Å². The standard InChI is InChI=1S/C19H18N4O2/c1-12-4-6-14(7-5-12)17-16-15(21-19(25)22-17)11-23(18(16)24)10-13-3-2-8-20-9-13/h2-9,17H,10-11H2,1H3,(H2,21,22,25)/t17-/m0/s1. The Morgan fingerprint density at radius 2 is 2.00 bits per heavy atom. The van der Waals surface area contributed by atoms with Gasteiger partial charge in [0, 0.05) is 18.9 Å². The second-order valence-electron chi connectivity index (χ2n) is 6.36. The van der Waals surface area contributed by atoms with Gasteiger partial charge in [0.2, 0.25) is 0 Å². The molecule has 0 unspecified atom stereocenters. The van der Waals surface area contributed by atoms with Crippen LogP contribution in [0.15, 0.2) is 60.1 Å². The molecule has 0 aliphatic carbocycles. The topological polar surface area (TPSA) is 74.3 Å². The van der Waals surface area contributed by atoms with Gasteiger partial charge in [-0.3, -0.25) is 9.78 Å². The van der Waals surface area contributed by atoms with Crippen molar-refractivity contribution in [3.8, 4) is 0 Å². The molecule has 0 fully saturated rings. The van der Waals surface area contributed by atoms with Crippen LogP contribution in [-0.4, -0.2) is 28.4 Å². The maximum Gasteiger partial charge on any atom is 0.319 e. The van der Waals surface area contributed by atoms with Crippen LogP contribution >= 0.6 is 0 Å². The quantitative estimate of drug-likeness (QED) is 0.902. The second-order valence-corrected chi connectivity index (χ2v) is 6.36. The van der Waals surface area contributed by atoms with Crippen LogP contribution in [0.5, 0.6) is 0 Å². The lowest BCUT2D eigenvalue weighted by Crippen LogP contribution is -2.44. The van der Waals surface area contributed by atoms with Gasteiger partial charge in [-0.2, -0.15) is 0 Å². The van der Waals surface area contributed by atoms with E-state index in [-0.39, 0.29) is 11.9 Å². The SMILES string of the molecule is Cc1ccc([C@@H]2NC(=O)NC3=C2C(=O)N(Cc2cccnc2)C3)cc1. The minimum atomic E-state index is -0.421. The first-order chi connectivity index (χ1) is 12.1. The molecule has 3 heterocycles. The van der Waals surface area contributed by atoms with Crippen LogP contribution in [0, 0.1) is 6.92 Å². The Bertz CT molecular complexity index is 859. The van der Waals surface area contributed by atoms with E-state index in [0.29, 0.717) is 24.4 Å². The normalized spacial score (nSPS) is 19.6. The molecule has 2 N–H and O–H groups in total. The highest BCUT2D eigenvalue weighted by Crippen LogP contribution is 2.33. The second kappa shape index (κ2) is 6.05. The first-order valence-corrected chi connectivity index (χ1v) is 8.17. The predicted octanol–water partition coefficient (Wildman–Crippen LogP) is 2.04. The van der Waals surface area contributed by atoms with Gasteiger partial charge in [0.25, 0.3) is 5.91 Å². The van der Waals surface area contributed by atoms with Crippen molar-refractivity contribution in [1.29, 1.82) is 0 Å². The highest BCUT2D eigenvalue weighted by molar-refractivity contribution is 6.01. The third-order valence-corrected chi connectivity index (χ3v) is 4.53. The van der Waals surface area contributed by atoms with E-state index in [1.54, 1.807) is 17.3 Å². The molecule has 126 valence electrons. The molecule has 0 bridgehead atoms. The Balaban J connectivity index is 1.63. The van der Waals surface area contributed by atoms with Gasteiger partial charge in [-0.1, -0.05) is 35.9 Å². The summed E-state index contributed by atoms with van der Waals surface area (Å²) in [4.78, 5) is 30.8. The van der Waals surface area contributed by atoms with E-state index in [0.717, 1.165) is 16.7 Å². The Morgan fingerprint density at radius 3 is 2.72 bits per heavy atom. The summed E-state index contributed by atoms with van der Waals surface area (Å²) < 4.78 is 0. The van der Waals surface area contributed by atoms with Crippen molar-refractivity contribution in [2.45, 2.75) is 19.5 Å². The Hall–Kier alpha value is -3.15. The number of aromatic nitrogens is 1. The number of carbonyl (C=O) groups is 2. The van der Waals surface area contributed by atoms with E-state index in [1.807, 2.05) is 43.3 Å². The Labute approximate surface area is 145 Å². The van der Waals surface area contributed by atoms with Gasteiger partial charge < -0.3 is 15.5 Å². The number of hydrogen-bond acceptors (Lipinski definition) is 3. The molecule has 0 saturated heterocycles. The number of carbonyl (C=O) groups excluding carboxylic acids is 2. The lowest BCUT2D eigenvalue weighted by molar-refractivity contribution is -0.126. The van der Waals surface area contributed by atoms with Crippen molar-refractivity contribution in [1.82, 2.24) is 20.5 Å². The fraction of sp³-hybridized carbons (Fsp3) is 0.211. The molecular weight excluding hydrogens is 316 g/mol. The number of benzene rings is 1. The molecule has 0 spiro atoms. The molecule has 2 aromatic rings. The van der Waals surface area contributed by atoms with Crippen molar-refractivity contribution in [3.63, 3.8) is 0 Å². The minimum Gasteiger partial charge on any atom is -0.329 e. The molecule has 6 nitrogen and oxygen atoms in total. The van der Waals surface area contributed by atoms with E-state index in [2.05, 4.69) is 15.6 Å². The number of hydrogen-bond donors (Lipinski definition) is 2. The summed E-state index contributed by atoms with van der Waals surface area (Å²) >= 11 is 0. The van der Waals surface area contributed by atoms with Gasteiger partial charge in [-0.25, -0.2) is 4.79 Å². The minimum absolute atomic E-state index is 0.0584. The molecule has 0 radical (unpaired) electrons. The van der Waals surface area contributed by atoms with Crippen LogP contribution in [-0.2, 0) is 11.3 Å². The smallest absolute Gasteiger partial charge is 0.319 e. The summed E-state index contributed by atoms with van der Waals surface area (Å²) in [7, 11) is 0. The van der Waals surface area contributed by atoms with E-state index >= 15 is 0 Å². The number of nitrogens with one attached hydrogen (secondary N) is 2. The zero-order valence-electron chi connectivity index (χ0n) is 13.8. The summed E-state index contributed by atoms with van der Waals surface area (Å²) in [5, 5.41) is 5.66. The van der Waals surface area contributed by atoms with Crippen molar-refractivity contribution in [3.05, 3.63) is 76.8 Å². The molecule has 2 aliphatic rings. The molecule has 1 aromatic carbocycles. The van der Waals surface area contributed by atoms with Gasteiger partial charge >= 0.3 is 6.03 Å². The van der Waals surface area contributed by atoms with Gasteiger partial charge in [-0.15, -0.1) is 0 Å². The van der Waals surface area contributed by atoms with Gasteiger partial charge in [-0.05, 0) is 24.1 Å². The summed E-state index contributed by atoms with van der Waals surface area (Å²) in [5.41, 5.74) is 4.30. The first kappa shape index (κ1) is 15.4. The van der Waals surface area contributed by atoms with Crippen LogP contribution in [0.25, 0.3) is 0 Å². The maximum absolute atomic E-state index is 13.0. The zero-order valence-corrected chi connectivity index (χ0v) is 13.8. The number of urea groups is 1. The number of rotatable bonds is 3. The third kappa shape index (κ3) is 2.87. The fourth-order valence-electron chi connectivity index (χ4n) is 3.28. The van der Waals surface area contributed by atoms with Crippen molar-refractivity contribution >= 4 is 11.9 Å². The number of pyridine rings is 1. The molecule has 0 saturated carbocycles. The van der Waals surface area contributed by atoms with Crippen molar-refractivity contribution in [2.75, 3.05) is 6.54 Å². The number of amides is 3. The largest absolute Gasteiger partial charge is 0.329 e. The average Bonchev–Trinajstić information content (AvgIpc) is 2.91. The van der Waals surface area contributed by atoms with Crippen LogP contribution in [0.2, 0.25) is 0 Å². The lowest BCUT2D eigenvalue weighted by Gasteiger charge is -2.25. The van der Waals surface area contributed by atoms with E-state index in [4.69, 9.17) is 0 Å². The van der Waals surface area contributed by atoms with E-state index in [9.17, 15) is 9.59 Å². The molecule has 3 amide bonds. The molecule has 4 rings (SSSR count). The lowest BCUT2D eigenvalue weighted by atomic mass is 9.95. The fourth-order valence-corrected chi connectivity index (χ4v) is 3.28. The highest BCUT2D eigenvalue weighted by Gasteiger charge is 2.40. The van der Waals surface area contributed by atoms with Crippen molar-refractivity contribution in [2.24, 2.45) is 0 Å². The molecule has 25 heavy (non-hydrogen) atoms. The summed E-state index contributed by atoms with van der Waals surface area (Å²) in [6.45, 7) is 2.88. The van der Waals surface area contributed by atoms with E-state index in [1.165, 1.54) is 0 Å². The predicted molar refractivity (Wildman–Crippen MR) is 92.3 cm³/mol. The van der Waals surface area contributed by atoms with Gasteiger partial charge in [0.05, 0.1) is 23.9 Å². The molecule has 6 heteroatoms. The third-order valence-electron chi connectivity index (χ3n) is 4.53. The zero-order chi connectivity index (χ0) is 17.4. The van der Waals surface area contributed by atoms with Crippen LogP contribution in [0.4, 0.5) is 4.79 Å². The highest BCUT2D eigenvalue weighted by atomic mass is 16.2. The Morgan fingerprint density at radius 1 is 1.20 bits per heavy atom. The number of aryl methyl sites for hydroxylation is 1.